The molecule has 0 heterocycles. The van der Waals surface area contributed by atoms with Gasteiger partial charge in [0.1, 0.15) is 12.4 Å². The van der Waals surface area contributed by atoms with Crippen LogP contribution in [0.3, 0.4) is 0 Å². The first-order chi connectivity index (χ1) is 13.3. The summed E-state index contributed by atoms with van der Waals surface area (Å²) in [4.78, 5) is 11.2. The summed E-state index contributed by atoms with van der Waals surface area (Å²) in [7, 11) is 1.44. The van der Waals surface area contributed by atoms with Crippen LogP contribution >= 0.6 is 0 Å². The summed E-state index contributed by atoms with van der Waals surface area (Å²) in [5, 5.41) is 0. The third kappa shape index (κ3) is 5.98. The quantitative estimate of drug-likeness (QED) is 0.533. The Labute approximate surface area is 163 Å². The van der Waals surface area contributed by atoms with Crippen molar-refractivity contribution in [1.29, 1.82) is 0 Å². The fourth-order valence-electron chi connectivity index (χ4n) is 4.09. The summed E-state index contributed by atoms with van der Waals surface area (Å²) in [6.45, 7) is 0.717. The van der Waals surface area contributed by atoms with Gasteiger partial charge in [-0.25, -0.2) is 0 Å². The number of allylic oxidation sites excluding steroid dienone is 3. The van der Waals surface area contributed by atoms with Crippen molar-refractivity contribution >= 4 is 5.97 Å². The monoisotopic (exact) mass is 368 g/mol. The molecule has 2 aliphatic rings. The van der Waals surface area contributed by atoms with Gasteiger partial charge in [0, 0.05) is 6.42 Å². The maximum Gasteiger partial charge on any atom is 0.305 e. The SMILES string of the molecule is COC(=O)CCCc1ccc(OCC2=C(C3=CCCCC3)CCCC2)cc1. The molecule has 3 heteroatoms. The summed E-state index contributed by atoms with van der Waals surface area (Å²) in [6, 6.07) is 8.31. The molecule has 0 fully saturated rings. The zero-order chi connectivity index (χ0) is 18.9. The standard InChI is InChI=1S/C24H32O3/c1-26-24(25)13-7-8-19-14-16-22(17-15-19)27-18-21-11-5-6-12-23(21)20-9-3-2-4-10-20/h9,14-17H,2-8,10-13,18H2,1H3. The van der Waals surface area contributed by atoms with Gasteiger partial charge in [-0.3, -0.25) is 4.79 Å². The number of carbonyl (C=O) groups excluding carboxylic acids is 1. The van der Waals surface area contributed by atoms with Crippen LogP contribution in [0.4, 0.5) is 0 Å². The second-order valence-electron chi connectivity index (χ2n) is 7.63. The van der Waals surface area contributed by atoms with E-state index >= 15 is 0 Å². The molecule has 0 N–H and O–H groups in total. The predicted molar refractivity (Wildman–Crippen MR) is 109 cm³/mol. The fraction of sp³-hybridized carbons (Fsp3) is 0.542. The maximum atomic E-state index is 11.2. The number of rotatable bonds is 8. The molecule has 0 aromatic heterocycles. The van der Waals surface area contributed by atoms with E-state index < -0.39 is 0 Å². The molecule has 0 atom stereocenters. The first kappa shape index (κ1) is 19.7. The average molecular weight is 369 g/mol. The van der Waals surface area contributed by atoms with Crippen LogP contribution < -0.4 is 4.74 Å². The molecular formula is C24H32O3. The highest BCUT2D eigenvalue weighted by Gasteiger charge is 2.18. The summed E-state index contributed by atoms with van der Waals surface area (Å²) < 4.78 is 10.8. The molecule has 0 unspecified atom stereocenters. The van der Waals surface area contributed by atoms with Gasteiger partial charge in [-0.2, -0.15) is 0 Å². The van der Waals surface area contributed by atoms with Gasteiger partial charge in [0.25, 0.3) is 0 Å². The molecule has 0 saturated carbocycles. The van der Waals surface area contributed by atoms with Crippen molar-refractivity contribution in [3.63, 3.8) is 0 Å². The first-order valence-corrected chi connectivity index (χ1v) is 10.4. The van der Waals surface area contributed by atoms with Gasteiger partial charge in [0.15, 0.2) is 0 Å². The van der Waals surface area contributed by atoms with Gasteiger partial charge in [-0.1, -0.05) is 18.2 Å². The number of esters is 1. The molecule has 0 amide bonds. The summed E-state index contributed by atoms with van der Waals surface area (Å²) in [5.74, 6) is 0.793. The lowest BCUT2D eigenvalue weighted by Crippen LogP contribution is -2.11. The summed E-state index contributed by atoms with van der Waals surface area (Å²) in [5.41, 5.74) is 5.94. The summed E-state index contributed by atoms with van der Waals surface area (Å²) in [6.07, 6.45) is 14.8. The van der Waals surface area contributed by atoms with E-state index in [1.807, 2.05) is 0 Å². The van der Waals surface area contributed by atoms with Crippen molar-refractivity contribution in [2.24, 2.45) is 0 Å². The van der Waals surface area contributed by atoms with Crippen molar-refractivity contribution in [3.05, 3.63) is 52.6 Å². The highest BCUT2D eigenvalue weighted by molar-refractivity contribution is 5.69. The Morgan fingerprint density at radius 3 is 2.52 bits per heavy atom. The van der Waals surface area contributed by atoms with Crippen LogP contribution in [0.15, 0.2) is 47.1 Å². The van der Waals surface area contributed by atoms with E-state index in [-0.39, 0.29) is 5.97 Å². The largest absolute Gasteiger partial charge is 0.489 e. The Morgan fingerprint density at radius 1 is 1.00 bits per heavy atom. The van der Waals surface area contributed by atoms with E-state index in [1.54, 1.807) is 11.1 Å². The van der Waals surface area contributed by atoms with Crippen LogP contribution in [0.2, 0.25) is 0 Å². The molecule has 3 rings (SSSR count). The van der Waals surface area contributed by atoms with Crippen molar-refractivity contribution in [3.8, 4) is 5.75 Å². The topological polar surface area (TPSA) is 35.5 Å². The zero-order valence-corrected chi connectivity index (χ0v) is 16.6. The van der Waals surface area contributed by atoms with Crippen molar-refractivity contribution < 1.29 is 14.3 Å². The van der Waals surface area contributed by atoms with E-state index in [0.29, 0.717) is 13.0 Å². The first-order valence-electron chi connectivity index (χ1n) is 10.4. The summed E-state index contributed by atoms with van der Waals surface area (Å²) >= 11 is 0. The van der Waals surface area contributed by atoms with Gasteiger partial charge in [0.2, 0.25) is 0 Å². The molecule has 1 aromatic carbocycles. The van der Waals surface area contributed by atoms with Crippen LogP contribution in [-0.4, -0.2) is 19.7 Å². The van der Waals surface area contributed by atoms with E-state index in [0.717, 1.165) is 18.6 Å². The minimum absolute atomic E-state index is 0.139. The van der Waals surface area contributed by atoms with E-state index in [9.17, 15) is 4.79 Å². The van der Waals surface area contributed by atoms with Crippen LogP contribution in [0.5, 0.6) is 5.75 Å². The Bertz CT molecular complexity index is 682. The van der Waals surface area contributed by atoms with Gasteiger partial charge < -0.3 is 9.47 Å². The highest BCUT2D eigenvalue weighted by Crippen LogP contribution is 2.34. The number of hydrogen-bond acceptors (Lipinski definition) is 3. The number of aryl methyl sites for hydroxylation is 1. The molecule has 1 aromatic rings. The molecule has 2 aliphatic carbocycles. The number of carbonyl (C=O) groups is 1. The van der Waals surface area contributed by atoms with Crippen LogP contribution in [0.1, 0.15) is 69.8 Å². The van der Waals surface area contributed by atoms with E-state index in [4.69, 9.17) is 4.74 Å². The van der Waals surface area contributed by atoms with Gasteiger partial charge in [-0.15, -0.1) is 0 Å². The smallest absolute Gasteiger partial charge is 0.305 e. The second-order valence-corrected chi connectivity index (χ2v) is 7.63. The molecule has 3 nitrogen and oxygen atoms in total. The predicted octanol–water partition coefficient (Wildman–Crippen LogP) is 5.93. The Morgan fingerprint density at radius 2 is 1.78 bits per heavy atom. The zero-order valence-electron chi connectivity index (χ0n) is 16.6. The van der Waals surface area contributed by atoms with Gasteiger partial charge in [0.05, 0.1) is 7.11 Å². The van der Waals surface area contributed by atoms with Gasteiger partial charge >= 0.3 is 5.97 Å². The lowest BCUT2D eigenvalue weighted by atomic mass is 9.83. The Kier molecular flexibility index (Phi) is 7.55. The maximum absolute atomic E-state index is 11.2. The number of methoxy groups -OCH3 is 1. The number of benzene rings is 1. The Hall–Kier alpha value is -2.03. The average Bonchev–Trinajstić information content (AvgIpc) is 2.74. The van der Waals surface area contributed by atoms with Crippen molar-refractivity contribution in [2.45, 2.75) is 70.6 Å². The molecular weight excluding hydrogens is 336 g/mol. The Balaban J connectivity index is 1.54. The third-order valence-electron chi connectivity index (χ3n) is 5.67. The lowest BCUT2D eigenvalue weighted by Gasteiger charge is -2.25. The highest BCUT2D eigenvalue weighted by atomic mass is 16.5. The van der Waals surface area contributed by atoms with Crippen LogP contribution in [0, 0.1) is 0 Å². The fourth-order valence-corrected chi connectivity index (χ4v) is 4.09. The van der Waals surface area contributed by atoms with Crippen LogP contribution in [0.25, 0.3) is 0 Å². The van der Waals surface area contributed by atoms with Crippen molar-refractivity contribution in [1.82, 2.24) is 0 Å². The molecule has 0 aliphatic heterocycles. The minimum Gasteiger partial charge on any atom is -0.489 e. The van der Waals surface area contributed by atoms with E-state index in [2.05, 4.69) is 35.1 Å². The van der Waals surface area contributed by atoms with Crippen molar-refractivity contribution in [2.75, 3.05) is 13.7 Å². The second kappa shape index (κ2) is 10.3. The van der Waals surface area contributed by atoms with E-state index in [1.165, 1.54) is 69.6 Å². The molecule has 0 bridgehead atoms. The number of ether oxygens (including phenoxy) is 2. The van der Waals surface area contributed by atoms with Crippen LogP contribution in [-0.2, 0) is 16.0 Å². The minimum atomic E-state index is -0.139. The lowest BCUT2D eigenvalue weighted by molar-refractivity contribution is -0.140. The third-order valence-corrected chi connectivity index (χ3v) is 5.67. The molecule has 146 valence electrons. The molecule has 0 radical (unpaired) electrons. The number of hydrogen-bond donors (Lipinski definition) is 0. The molecule has 27 heavy (non-hydrogen) atoms. The normalized spacial score (nSPS) is 17.4. The molecule has 0 saturated heterocycles. The van der Waals surface area contributed by atoms with Gasteiger partial charge in [-0.05, 0) is 98.6 Å². The molecule has 0 spiro atoms.